The third-order valence-corrected chi connectivity index (χ3v) is 18.1. The number of nitrogens with zero attached hydrogens (tertiary/aromatic N) is 2. The summed E-state index contributed by atoms with van der Waals surface area (Å²) in [5.74, 6) is 0.820. The number of sulfonamides is 2. The van der Waals surface area contributed by atoms with Crippen molar-refractivity contribution in [1.82, 2.24) is 9.31 Å². The zero-order valence-corrected chi connectivity index (χ0v) is 38.6. The summed E-state index contributed by atoms with van der Waals surface area (Å²) >= 11 is 0. The van der Waals surface area contributed by atoms with E-state index < -0.39 is 60.2 Å². The predicted molar refractivity (Wildman–Crippen MR) is 252 cm³/mol. The van der Waals surface area contributed by atoms with Gasteiger partial charge in [-0.25, -0.2) is 0 Å². The number of rotatable bonds is 9. The molecule has 0 aromatic heterocycles. The summed E-state index contributed by atoms with van der Waals surface area (Å²) < 4.78 is 131. The lowest BCUT2D eigenvalue weighted by molar-refractivity contribution is 0.151. The van der Waals surface area contributed by atoms with E-state index in [1.165, 1.54) is 28.7 Å². The van der Waals surface area contributed by atoms with E-state index >= 15 is 16.8 Å². The predicted octanol–water partition coefficient (Wildman–Crippen LogP) is 8.60. The molecule has 0 radical (unpaired) electrons. The highest BCUT2D eigenvalue weighted by Gasteiger charge is 2.65. The Morgan fingerprint density at radius 2 is 1.18 bits per heavy atom. The van der Waals surface area contributed by atoms with Gasteiger partial charge in [-0.1, -0.05) is 125 Å². The van der Waals surface area contributed by atoms with Gasteiger partial charge in [0.1, 0.15) is 32.2 Å². The zero-order valence-electron chi connectivity index (χ0n) is 35.3. The van der Waals surface area contributed by atoms with Crippen molar-refractivity contribution < 1.29 is 47.5 Å². The number of nitrogens with one attached hydrogen (secondary N) is 1. The van der Waals surface area contributed by atoms with Crippen molar-refractivity contribution in [2.24, 2.45) is 0 Å². The highest BCUT2D eigenvalue weighted by Crippen LogP contribution is 2.55. The summed E-state index contributed by atoms with van der Waals surface area (Å²) in [4.78, 5) is -0.674. The number of hydrogen-bond acceptors (Lipinski definition) is 10. The van der Waals surface area contributed by atoms with Gasteiger partial charge in [-0.15, -0.1) is 0 Å². The van der Waals surface area contributed by atoms with E-state index in [0.29, 0.717) is 53.0 Å². The molecule has 3 N–H and O–H groups in total. The molecule has 14 nitrogen and oxygen atoms in total. The molecular formula is C48H44N3O11S4+. The van der Waals surface area contributed by atoms with Crippen molar-refractivity contribution in [3.05, 3.63) is 163 Å². The van der Waals surface area contributed by atoms with Gasteiger partial charge in [0.05, 0.1) is 4.90 Å². The first-order valence-corrected chi connectivity index (χ1v) is 26.8. The van der Waals surface area contributed by atoms with Crippen molar-refractivity contribution in [3.63, 3.8) is 0 Å². The molecule has 3 heterocycles. The van der Waals surface area contributed by atoms with Crippen LogP contribution in [0, 0.1) is 0 Å². The number of aryl methyl sites for hydroxylation is 1. The Kier molecular flexibility index (Phi) is 11.7. The Morgan fingerprint density at radius 3 is 1.82 bits per heavy atom. The third-order valence-electron chi connectivity index (χ3n) is 12.1. The molecule has 3 unspecified atom stereocenters. The summed E-state index contributed by atoms with van der Waals surface area (Å²) in [6.07, 6.45) is 1.38. The maximum Gasteiger partial charge on any atom is 0.357 e. The van der Waals surface area contributed by atoms with Crippen LogP contribution in [-0.4, -0.2) is 61.6 Å². The monoisotopic (exact) mass is 966 g/mol. The van der Waals surface area contributed by atoms with E-state index in [-0.39, 0.29) is 26.7 Å². The topological polar surface area (TPSA) is 202 Å². The smallest absolute Gasteiger partial charge is 0.357 e. The molecule has 3 aliphatic rings. The second-order valence-electron chi connectivity index (χ2n) is 16.0. The number of fused-ring (bicyclic) bond motifs is 8. The quantitative estimate of drug-likeness (QED) is 0.0920. The minimum Gasteiger partial charge on any atom is -0.489 e. The summed E-state index contributed by atoms with van der Waals surface area (Å²) in [6.45, 7) is 2.31. The minimum absolute atomic E-state index is 0.0233. The molecule has 7 aromatic rings. The van der Waals surface area contributed by atoms with Gasteiger partial charge in [0.25, 0.3) is 20.2 Å². The van der Waals surface area contributed by atoms with Crippen LogP contribution in [0.5, 0.6) is 5.75 Å². The maximum absolute atomic E-state index is 15.7. The van der Waals surface area contributed by atoms with Crippen molar-refractivity contribution in [3.8, 4) is 28.0 Å². The van der Waals surface area contributed by atoms with Crippen LogP contribution in [0.15, 0.2) is 177 Å². The largest absolute Gasteiger partial charge is 0.489 e. The molecule has 3 atom stereocenters. The van der Waals surface area contributed by atoms with Gasteiger partial charge in [0.2, 0.25) is 0 Å². The molecule has 3 aliphatic heterocycles. The molecule has 66 heavy (non-hydrogen) atoms. The Bertz CT molecular complexity index is 3440. The molecule has 340 valence electrons. The number of quaternary nitrogens is 1. The van der Waals surface area contributed by atoms with Gasteiger partial charge in [-0.3, -0.25) is 14.4 Å². The Morgan fingerprint density at radius 1 is 0.652 bits per heavy atom. The minimum atomic E-state index is -4.52. The molecule has 0 amide bonds. The zero-order chi connectivity index (χ0) is 46.6. The molecule has 0 saturated carbocycles. The molecular weight excluding hydrogens is 923 g/mol. The van der Waals surface area contributed by atoms with Crippen LogP contribution in [-0.2, 0) is 46.7 Å². The van der Waals surface area contributed by atoms with E-state index in [2.05, 4.69) is 11.4 Å². The Balaban J connectivity index is 0.000000255. The standard InChI is InChI=1S/C38H36N3O5S2.C10H8O6S2/c1-2-13-38(39-26-28-25-24-27-14-3-10-21-35(27)46-28)41(34-20-9-5-16-30(34)32-18-7-12-23-37(32)48(41,44)45)40-33-19-8-4-15-29(33)31-17-6-11-22-36(31)47(40,42)43;11-17(12,13)9-5-1-3-7-8(9)4-2-6-10(7)18(14,15)16/h3-12,14-23,28,38-39H,2,13,24-26H2,1H3;1-6H,(H,11,12,13)(H,14,15,16)/q+1;. The first kappa shape index (κ1) is 45.2. The van der Waals surface area contributed by atoms with Crippen LogP contribution >= 0.6 is 0 Å². The van der Waals surface area contributed by atoms with E-state index in [1.807, 2.05) is 55.5 Å². The Hall–Kier alpha value is -5.96. The van der Waals surface area contributed by atoms with Crippen LogP contribution in [0.3, 0.4) is 0 Å². The lowest BCUT2D eigenvalue weighted by Crippen LogP contribution is -2.76. The number of hydrogen-bond donors (Lipinski definition) is 3. The molecule has 0 bridgehead atoms. The summed E-state index contributed by atoms with van der Waals surface area (Å²) in [6, 6.07) is 43.7. The normalized spacial score (nSPS) is 19.3. The average molecular weight is 967 g/mol. The second-order valence-corrected chi connectivity index (χ2v) is 22.5. The second kappa shape index (κ2) is 17.0. The van der Waals surface area contributed by atoms with Gasteiger partial charge < -0.3 is 4.74 Å². The fourth-order valence-corrected chi connectivity index (χ4v) is 15.3. The lowest BCUT2D eigenvalue weighted by Gasteiger charge is -2.51. The molecule has 7 aromatic carbocycles. The van der Waals surface area contributed by atoms with Gasteiger partial charge in [-0.05, 0) is 67.3 Å². The fourth-order valence-electron chi connectivity index (χ4n) is 9.32. The number of anilines is 1. The highest BCUT2D eigenvalue weighted by atomic mass is 32.2. The molecule has 0 spiro atoms. The number of ether oxygens (including phenoxy) is 1. The lowest BCUT2D eigenvalue weighted by atomic mass is 10.0. The van der Waals surface area contributed by atoms with Crippen molar-refractivity contribution >= 4 is 62.4 Å². The van der Waals surface area contributed by atoms with Gasteiger partial charge in [0, 0.05) is 52.1 Å². The average Bonchev–Trinajstić information content (AvgIpc) is 3.30. The summed E-state index contributed by atoms with van der Waals surface area (Å²) in [5, 5.41) is 3.66. The summed E-state index contributed by atoms with van der Waals surface area (Å²) in [5.41, 5.74) is 4.22. The first-order chi connectivity index (χ1) is 31.5. The third kappa shape index (κ3) is 7.47. The molecule has 18 heteroatoms. The van der Waals surface area contributed by atoms with Crippen LogP contribution in [0.2, 0.25) is 0 Å². The van der Waals surface area contributed by atoms with Crippen LogP contribution in [0.25, 0.3) is 33.0 Å². The SMILES string of the molecule is CCCC(NCC1CCc2ccccc2O1)[N+]1(N2c3ccccc3-c3ccccc3S2(=O)=O)c2ccccc2-c2ccccc2S1(=O)=O.O=S(=O)(O)c1cccc2c(S(=O)(=O)O)cccc12. The molecule has 10 rings (SSSR count). The van der Waals surface area contributed by atoms with Crippen LogP contribution < -0.4 is 18.5 Å². The maximum atomic E-state index is 15.7. The van der Waals surface area contributed by atoms with E-state index in [9.17, 15) is 16.8 Å². The number of para-hydroxylation sites is 3. The molecule has 0 aliphatic carbocycles. The van der Waals surface area contributed by atoms with Crippen molar-refractivity contribution in [2.75, 3.05) is 11.0 Å². The van der Waals surface area contributed by atoms with Crippen LogP contribution in [0.4, 0.5) is 11.4 Å². The van der Waals surface area contributed by atoms with E-state index in [4.69, 9.17) is 13.8 Å². The van der Waals surface area contributed by atoms with Crippen LogP contribution in [0.1, 0.15) is 31.7 Å². The van der Waals surface area contributed by atoms with E-state index in [0.717, 1.165) is 36.3 Å². The molecule has 0 saturated heterocycles. The van der Waals surface area contributed by atoms with Gasteiger partial charge in [0.15, 0.2) is 11.9 Å². The van der Waals surface area contributed by atoms with Gasteiger partial charge >= 0.3 is 20.0 Å². The summed E-state index contributed by atoms with van der Waals surface area (Å²) in [7, 11) is -17.9. The highest BCUT2D eigenvalue weighted by molar-refractivity contribution is 7.96. The van der Waals surface area contributed by atoms with E-state index in [1.54, 1.807) is 66.7 Å². The fraction of sp³-hybridized carbons (Fsp3) is 0.167. The van der Waals surface area contributed by atoms with Gasteiger partial charge in [-0.2, -0.15) is 33.7 Å². The Labute approximate surface area is 383 Å². The van der Waals surface area contributed by atoms with Crippen molar-refractivity contribution in [2.45, 2.75) is 64.5 Å². The number of benzene rings is 7. The van der Waals surface area contributed by atoms with Crippen molar-refractivity contribution in [1.29, 1.82) is 0 Å². The first-order valence-electron chi connectivity index (χ1n) is 21.0. The molecule has 0 fully saturated rings.